The Morgan fingerprint density at radius 2 is 1.70 bits per heavy atom. The van der Waals surface area contributed by atoms with E-state index in [4.69, 9.17) is 25.9 Å². The van der Waals surface area contributed by atoms with E-state index < -0.39 is 12.3 Å². The van der Waals surface area contributed by atoms with Crippen molar-refractivity contribution in [2.24, 2.45) is 21.9 Å². The number of fused-ring (bicyclic) bond motifs is 1. The van der Waals surface area contributed by atoms with Gasteiger partial charge in [0.25, 0.3) is 0 Å². The summed E-state index contributed by atoms with van der Waals surface area (Å²) >= 11 is 0. The molecule has 1 atom stereocenters. The van der Waals surface area contributed by atoms with Crippen LogP contribution in [0.25, 0.3) is 0 Å². The third kappa shape index (κ3) is 6.73. The number of carboxylic acid groups (broad SMARTS) is 1. The number of aliphatic hydroxyl groups excluding tert-OH is 1. The molecule has 2 aliphatic heterocycles. The Bertz CT molecular complexity index is 1120. The molecule has 12 nitrogen and oxygen atoms in total. The number of benzene rings is 2. The largest absolute Gasteiger partial charge is 0.511 e. The fourth-order valence-electron chi connectivity index (χ4n) is 4.57. The number of ether oxygens (including phenoxy) is 3. The molecular weight excluding hydrogens is 480 g/mol. The van der Waals surface area contributed by atoms with E-state index in [-0.39, 0.29) is 24.2 Å². The summed E-state index contributed by atoms with van der Waals surface area (Å²) < 4.78 is 17.2. The predicted molar refractivity (Wildman–Crippen MR) is 137 cm³/mol. The Morgan fingerprint density at radius 3 is 2.35 bits per heavy atom. The summed E-state index contributed by atoms with van der Waals surface area (Å²) in [6.45, 7) is 2.55. The van der Waals surface area contributed by atoms with Gasteiger partial charge >= 0.3 is 6.16 Å². The molecule has 0 aliphatic carbocycles. The van der Waals surface area contributed by atoms with E-state index in [2.05, 4.69) is 15.1 Å². The molecule has 1 saturated heterocycles. The van der Waals surface area contributed by atoms with Crippen LogP contribution in [0.2, 0.25) is 0 Å². The summed E-state index contributed by atoms with van der Waals surface area (Å²) in [5.41, 5.74) is 2.59. The normalized spacial score (nSPS) is 17.1. The van der Waals surface area contributed by atoms with E-state index in [1.165, 1.54) is 0 Å². The molecule has 6 N–H and O–H groups in total. The highest BCUT2D eigenvalue weighted by Crippen LogP contribution is 2.36. The molecule has 0 amide bonds. The van der Waals surface area contributed by atoms with Crippen LogP contribution in [0.3, 0.4) is 0 Å². The highest BCUT2D eigenvalue weighted by Gasteiger charge is 2.23. The summed E-state index contributed by atoms with van der Waals surface area (Å²) in [4.78, 5) is 15.3. The van der Waals surface area contributed by atoms with E-state index in [0.29, 0.717) is 25.1 Å². The fraction of sp³-hybridized carbons (Fsp3) is 0.400. The van der Waals surface area contributed by atoms with Crippen LogP contribution in [0.1, 0.15) is 35.6 Å². The second kappa shape index (κ2) is 12.2. The molecule has 4 rings (SSSR count). The summed E-state index contributed by atoms with van der Waals surface area (Å²) in [5, 5.41) is 26.5. The average molecular weight is 513 g/mol. The molecule has 1 unspecified atom stereocenters. The van der Waals surface area contributed by atoms with Crippen LogP contribution in [0.15, 0.2) is 46.6 Å². The third-order valence-corrected chi connectivity index (χ3v) is 6.43. The topological polar surface area (TPSA) is 168 Å². The zero-order chi connectivity index (χ0) is 26.2. The number of likely N-dealkylation sites (tertiary alicyclic amines) is 1. The highest BCUT2D eigenvalue weighted by molar-refractivity contribution is 5.64. The highest BCUT2D eigenvalue weighted by atomic mass is 16.7. The smallest absolute Gasteiger partial charge is 0.490 e. The van der Waals surface area contributed by atoms with Crippen molar-refractivity contribution in [1.29, 1.82) is 0 Å². The first-order chi connectivity index (χ1) is 18.0. The molecule has 2 aliphatic rings. The van der Waals surface area contributed by atoms with Gasteiger partial charge in [0.05, 0.1) is 6.61 Å². The van der Waals surface area contributed by atoms with Crippen molar-refractivity contribution in [1.82, 2.24) is 9.80 Å². The van der Waals surface area contributed by atoms with Gasteiger partial charge in [0.1, 0.15) is 30.6 Å². The molecule has 0 bridgehead atoms. The van der Waals surface area contributed by atoms with E-state index in [1.807, 2.05) is 29.2 Å². The van der Waals surface area contributed by atoms with Crippen LogP contribution in [0.5, 0.6) is 17.2 Å². The minimum atomic E-state index is -1.44. The number of carbonyl (C=O) groups is 1. The minimum Gasteiger partial charge on any atom is -0.490 e. The number of nitrogens with zero attached hydrogens (tertiary/aromatic N) is 4. The van der Waals surface area contributed by atoms with Gasteiger partial charge in [0.2, 0.25) is 0 Å². The van der Waals surface area contributed by atoms with Crippen LogP contribution in [-0.2, 0) is 13.0 Å². The molecule has 0 spiro atoms. The second-order valence-corrected chi connectivity index (χ2v) is 8.90. The van der Waals surface area contributed by atoms with Crippen LogP contribution >= 0.6 is 0 Å². The standard InChI is InChI=1S/C25H32N6O6/c26-28-15-30-9-6-21(7-10-30)35-20-3-1-17(2-4-20)24(14-32)36-22-12-19-13-31(16-29-27)8-5-18(19)11-23(22)37-25(33)34/h1-4,11-12,15-16,21,24,32H,5-10,13-14,26-27H2,(H,33,34). The number of piperidine rings is 1. The maximum atomic E-state index is 11.3. The molecular formula is C25H32N6O6. The van der Waals surface area contributed by atoms with Crippen molar-refractivity contribution in [3.63, 3.8) is 0 Å². The van der Waals surface area contributed by atoms with Gasteiger partial charge in [-0.25, -0.2) is 4.79 Å². The van der Waals surface area contributed by atoms with Gasteiger partial charge in [0.15, 0.2) is 11.5 Å². The Kier molecular flexibility index (Phi) is 8.52. The number of nitrogens with two attached hydrogens (primary N) is 2. The zero-order valence-electron chi connectivity index (χ0n) is 20.4. The van der Waals surface area contributed by atoms with E-state index in [9.17, 15) is 15.0 Å². The van der Waals surface area contributed by atoms with E-state index in [0.717, 1.165) is 42.8 Å². The van der Waals surface area contributed by atoms with Gasteiger partial charge in [-0.15, -0.1) is 0 Å². The van der Waals surface area contributed by atoms with E-state index >= 15 is 0 Å². The molecule has 1 fully saturated rings. The lowest BCUT2D eigenvalue weighted by atomic mass is 9.99. The number of hydrogen-bond donors (Lipinski definition) is 4. The van der Waals surface area contributed by atoms with Gasteiger partial charge in [-0.05, 0) is 47.4 Å². The van der Waals surface area contributed by atoms with Crippen LogP contribution < -0.4 is 25.9 Å². The first-order valence-electron chi connectivity index (χ1n) is 12.0. The molecule has 12 heteroatoms. The van der Waals surface area contributed by atoms with Crippen molar-refractivity contribution in [2.45, 2.75) is 38.0 Å². The number of rotatable bonds is 9. The summed E-state index contributed by atoms with van der Waals surface area (Å²) in [6.07, 6.45) is 3.48. The maximum Gasteiger partial charge on any atom is 0.511 e. The maximum absolute atomic E-state index is 11.3. The minimum absolute atomic E-state index is 0.0802. The Labute approximate surface area is 214 Å². The van der Waals surface area contributed by atoms with Crippen molar-refractivity contribution in [3.05, 3.63) is 53.1 Å². The first kappa shape index (κ1) is 25.9. The molecule has 0 radical (unpaired) electrons. The van der Waals surface area contributed by atoms with Crippen LogP contribution in [-0.4, -0.2) is 71.2 Å². The summed E-state index contributed by atoms with van der Waals surface area (Å²) in [7, 11) is 0. The number of aliphatic hydroxyl groups is 1. The molecule has 0 aromatic heterocycles. The monoisotopic (exact) mass is 512 g/mol. The van der Waals surface area contributed by atoms with Gasteiger partial charge in [-0.2, -0.15) is 10.2 Å². The second-order valence-electron chi connectivity index (χ2n) is 8.90. The third-order valence-electron chi connectivity index (χ3n) is 6.43. The Morgan fingerprint density at radius 1 is 1.03 bits per heavy atom. The lowest BCUT2D eigenvalue weighted by molar-refractivity contribution is 0.108. The molecule has 0 saturated carbocycles. The predicted octanol–water partition coefficient (Wildman–Crippen LogP) is 1.86. The lowest BCUT2D eigenvalue weighted by Gasteiger charge is -2.30. The van der Waals surface area contributed by atoms with Crippen LogP contribution in [0, 0.1) is 0 Å². The quantitative estimate of drug-likeness (QED) is 0.0971. The van der Waals surface area contributed by atoms with Gasteiger partial charge in [-0.1, -0.05) is 12.1 Å². The molecule has 37 heavy (non-hydrogen) atoms. The van der Waals surface area contributed by atoms with Crippen molar-refractivity contribution in [3.8, 4) is 17.2 Å². The Balaban J connectivity index is 1.47. The molecule has 2 aromatic rings. The SMILES string of the molecule is NN=CN1CCC(Oc2ccc(C(CO)Oc3cc4c(cc3OC(=O)O)CCN(C=NN)C4)cc2)CC1. The van der Waals surface area contributed by atoms with Crippen molar-refractivity contribution < 1.29 is 29.2 Å². The van der Waals surface area contributed by atoms with Crippen molar-refractivity contribution >= 4 is 18.8 Å². The first-order valence-corrected chi connectivity index (χ1v) is 12.0. The Hall–Kier alpha value is -4.19. The zero-order valence-corrected chi connectivity index (χ0v) is 20.4. The van der Waals surface area contributed by atoms with Crippen molar-refractivity contribution in [2.75, 3.05) is 26.2 Å². The van der Waals surface area contributed by atoms with Crippen LogP contribution in [0.4, 0.5) is 4.79 Å². The fourth-order valence-corrected chi connectivity index (χ4v) is 4.57. The molecule has 2 aromatic carbocycles. The number of hydrogen-bond acceptors (Lipinski definition) is 9. The lowest BCUT2D eigenvalue weighted by Crippen LogP contribution is -2.37. The van der Waals surface area contributed by atoms with E-state index in [1.54, 1.807) is 24.8 Å². The summed E-state index contributed by atoms with van der Waals surface area (Å²) in [6, 6.07) is 10.7. The molecule has 2 heterocycles. The van der Waals surface area contributed by atoms with Gasteiger partial charge in [-0.3, -0.25) is 0 Å². The number of hydrazone groups is 2. The average Bonchev–Trinajstić information content (AvgIpc) is 2.89. The van der Waals surface area contributed by atoms with Gasteiger partial charge in [0, 0.05) is 39.0 Å². The summed E-state index contributed by atoms with van der Waals surface area (Å²) in [5.74, 6) is 11.5. The van der Waals surface area contributed by atoms with Gasteiger partial charge < -0.3 is 45.9 Å². The molecule has 198 valence electrons.